The number of rotatable bonds is 10. The molecule has 0 fully saturated rings. The van der Waals surface area contributed by atoms with Crippen molar-refractivity contribution in [3.63, 3.8) is 0 Å². The third-order valence-electron chi connectivity index (χ3n) is 2.83. The molecule has 1 N–H and O–H groups in total. The molecule has 1 aromatic rings. The van der Waals surface area contributed by atoms with Gasteiger partial charge in [0.05, 0.1) is 19.2 Å². The number of unbranched alkanes of at least 4 members (excludes halogenated alkanes) is 3. The van der Waals surface area contributed by atoms with Gasteiger partial charge in [-0.3, -0.25) is 0 Å². The molecule has 0 bridgehead atoms. The Morgan fingerprint density at radius 1 is 1.37 bits per heavy atom. The van der Waals surface area contributed by atoms with E-state index in [2.05, 4.69) is 16.3 Å². The van der Waals surface area contributed by atoms with Gasteiger partial charge in [-0.05, 0) is 37.5 Å². The van der Waals surface area contributed by atoms with Crippen LogP contribution in [0.25, 0.3) is 0 Å². The van der Waals surface area contributed by atoms with E-state index in [1.54, 1.807) is 6.07 Å². The first-order valence-electron chi connectivity index (χ1n) is 6.63. The van der Waals surface area contributed by atoms with Crippen molar-refractivity contribution in [1.29, 1.82) is 0 Å². The summed E-state index contributed by atoms with van der Waals surface area (Å²) in [4.78, 5) is 11.2. The van der Waals surface area contributed by atoms with Gasteiger partial charge in [0.15, 0.2) is 0 Å². The van der Waals surface area contributed by atoms with Crippen LogP contribution in [0, 0.1) is 0 Å². The van der Waals surface area contributed by atoms with Gasteiger partial charge < -0.3 is 14.5 Å². The fraction of sp³-hybridized carbons (Fsp3) is 0.643. The maximum atomic E-state index is 11.2. The number of carbonyl (C=O) groups excluding carboxylic acids is 1. The van der Waals surface area contributed by atoms with E-state index < -0.39 is 0 Å². The first-order valence-corrected chi connectivity index (χ1v) is 8.02. The number of furan rings is 1. The summed E-state index contributed by atoms with van der Waals surface area (Å²) in [5.41, 5.74) is 0.469. The molecule has 0 saturated heterocycles. The van der Waals surface area contributed by atoms with Gasteiger partial charge in [-0.2, -0.15) is 11.8 Å². The second kappa shape index (κ2) is 9.92. The minimum atomic E-state index is -0.358. The molecule has 0 aromatic carbocycles. The lowest BCUT2D eigenvalue weighted by atomic mass is 10.2. The Balaban J connectivity index is 2.06. The summed E-state index contributed by atoms with van der Waals surface area (Å²) in [6.07, 6.45) is 8.63. The highest BCUT2D eigenvalue weighted by Crippen LogP contribution is 2.09. The molecule has 4 nitrogen and oxygen atoms in total. The number of methoxy groups -OCH3 is 1. The van der Waals surface area contributed by atoms with Crippen LogP contribution in [-0.4, -0.2) is 31.6 Å². The van der Waals surface area contributed by atoms with Gasteiger partial charge in [0.1, 0.15) is 12.0 Å². The maximum absolute atomic E-state index is 11.2. The Bertz CT molecular complexity index is 365. The molecule has 1 heterocycles. The molecule has 0 atom stereocenters. The Hall–Kier alpha value is -0.940. The monoisotopic (exact) mass is 285 g/mol. The molecular formula is C14H23NO3S. The highest BCUT2D eigenvalue weighted by atomic mass is 32.2. The fourth-order valence-corrected chi connectivity index (χ4v) is 2.25. The van der Waals surface area contributed by atoms with Gasteiger partial charge in [-0.1, -0.05) is 12.8 Å². The van der Waals surface area contributed by atoms with E-state index in [0.717, 1.165) is 12.3 Å². The zero-order chi connectivity index (χ0) is 13.9. The van der Waals surface area contributed by atoms with Crippen molar-refractivity contribution in [3.05, 3.63) is 23.7 Å². The molecule has 0 radical (unpaired) electrons. The second-order valence-corrected chi connectivity index (χ2v) is 5.36. The number of esters is 1. The van der Waals surface area contributed by atoms with Gasteiger partial charge in [-0.25, -0.2) is 4.79 Å². The van der Waals surface area contributed by atoms with Crippen molar-refractivity contribution < 1.29 is 13.9 Å². The number of thioether (sulfide) groups is 1. The average Bonchev–Trinajstić information content (AvgIpc) is 2.89. The molecule has 19 heavy (non-hydrogen) atoms. The summed E-state index contributed by atoms with van der Waals surface area (Å²) in [5.74, 6) is 1.67. The Morgan fingerprint density at radius 3 is 2.89 bits per heavy atom. The van der Waals surface area contributed by atoms with Gasteiger partial charge in [0, 0.05) is 0 Å². The van der Waals surface area contributed by atoms with Crippen LogP contribution in [0.3, 0.4) is 0 Å². The lowest BCUT2D eigenvalue weighted by Crippen LogP contribution is -2.14. The second-order valence-electron chi connectivity index (χ2n) is 4.38. The molecule has 0 aliphatic rings. The van der Waals surface area contributed by atoms with Crippen molar-refractivity contribution in [1.82, 2.24) is 5.32 Å². The van der Waals surface area contributed by atoms with Crippen LogP contribution in [-0.2, 0) is 11.3 Å². The number of carbonyl (C=O) groups is 1. The molecule has 1 aromatic heterocycles. The van der Waals surface area contributed by atoms with Crippen LogP contribution in [0.1, 0.15) is 41.8 Å². The van der Waals surface area contributed by atoms with Crippen molar-refractivity contribution in [2.45, 2.75) is 32.2 Å². The van der Waals surface area contributed by atoms with E-state index in [9.17, 15) is 4.79 Å². The van der Waals surface area contributed by atoms with Crippen LogP contribution in [0.5, 0.6) is 0 Å². The zero-order valence-corrected chi connectivity index (χ0v) is 12.6. The lowest BCUT2D eigenvalue weighted by Gasteiger charge is -2.02. The van der Waals surface area contributed by atoms with Crippen LogP contribution in [0.4, 0.5) is 0 Å². The molecule has 0 aliphatic heterocycles. The Labute approximate surface area is 119 Å². The minimum absolute atomic E-state index is 0.358. The lowest BCUT2D eigenvalue weighted by molar-refractivity contribution is 0.0600. The summed E-state index contributed by atoms with van der Waals surface area (Å²) < 4.78 is 9.90. The zero-order valence-electron chi connectivity index (χ0n) is 11.7. The Kier molecular flexibility index (Phi) is 8.41. The summed E-state index contributed by atoms with van der Waals surface area (Å²) in [6.45, 7) is 1.63. The number of hydrogen-bond acceptors (Lipinski definition) is 5. The third-order valence-corrected chi connectivity index (χ3v) is 3.52. The average molecular weight is 285 g/mol. The van der Waals surface area contributed by atoms with Gasteiger partial charge in [0.25, 0.3) is 0 Å². The van der Waals surface area contributed by atoms with Crippen LogP contribution in [0.15, 0.2) is 16.7 Å². The van der Waals surface area contributed by atoms with Gasteiger partial charge in [-0.15, -0.1) is 0 Å². The van der Waals surface area contributed by atoms with E-state index in [0.29, 0.717) is 12.1 Å². The highest BCUT2D eigenvalue weighted by molar-refractivity contribution is 7.98. The summed E-state index contributed by atoms with van der Waals surface area (Å²) in [7, 11) is 1.37. The molecule has 0 aliphatic carbocycles. The van der Waals surface area contributed by atoms with Crippen molar-refractivity contribution in [2.75, 3.05) is 25.7 Å². The van der Waals surface area contributed by atoms with Crippen LogP contribution in [0.2, 0.25) is 0 Å². The first-order chi connectivity index (χ1) is 9.27. The number of ether oxygens (including phenoxy) is 1. The van der Waals surface area contributed by atoms with Crippen molar-refractivity contribution >= 4 is 17.7 Å². The van der Waals surface area contributed by atoms with E-state index in [4.69, 9.17) is 4.42 Å². The summed E-state index contributed by atoms with van der Waals surface area (Å²) >= 11 is 1.91. The first kappa shape index (κ1) is 16.1. The molecule has 0 saturated carbocycles. The van der Waals surface area contributed by atoms with Gasteiger partial charge in [0.2, 0.25) is 0 Å². The van der Waals surface area contributed by atoms with Crippen molar-refractivity contribution in [2.24, 2.45) is 0 Å². The summed E-state index contributed by atoms with van der Waals surface area (Å²) in [5, 5.41) is 3.31. The predicted octanol–water partition coefficient (Wildman–Crippen LogP) is 3.08. The quantitative estimate of drug-likeness (QED) is 0.529. The van der Waals surface area contributed by atoms with E-state index in [1.165, 1.54) is 44.8 Å². The number of nitrogens with one attached hydrogen (secondary N) is 1. The highest BCUT2D eigenvalue weighted by Gasteiger charge is 2.09. The molecule has 5 heteroatoms. The number of hydrogen-bond donors (Lipinski definition) is 1. The molecule has 0 spiro atoms. The van der Waals surface area contributed by atoms with E-state index >= 15 is 0 Å². The molecular weight excluding hydrogens is 262 g/mol. The van der Waals surface area contributed by atoms with E-state index in [1.807, 2.05) is 11.8 Å². The maximum Gasteiger partial charge on any atom is 0.341 e. The molecule has 108 valence electrons. The molecule has 0 unspecified atom stereocenters. The fourth-order valence-electron chi connectivity index (χ4n) is 1.76. The van der Waals surface area contributed by atoms with Crippen molar-refractivity contribution in [3.8, 4) is 0 Å². The minimum Gasteiger partial charge on any atom is -0.467 e. The van der Waals surface area contributed by atoms with E-state index in [-0.39, 0.29) is 5.97 Å². The summed E-state index contributed by atoms with van der Waals surface area (Å²) in [6, 6.07) is 1.72. The Morgan fingerprint density at radius 2 is 2.16 bits per heavy atom. The molecule has 0 amide bonds. The predicted molar refractivity (Wildman–Crippen MR) is 78.6 cm³/mol. The SMILES string of the molecule is COC(=O)c1coc(CNCCCCCCSC)c1. The van der Waals surface area contributed by atoms with Crippen LogP contribution < -0.4 is 5.32 Å². The van der Waals surface area contributed by atoms with Crippen LogP contribution >= 0.6 is 11.8 Å². The normalized spacial score (nSPS) is 10.6. The third kappa shape index (κ3) is 6.68. The van der Waals surface area contributed by atoms with Gasteiger partial charge >= 0.3 is 5.97 Å². The largest absolute Gasteiger partial charge is 0.467 e. The standard InChI is InChI=1S/C14H23NO3S/c1-17-14(16)12-9-13(18-11-12)10-15-7-5-3-4-6-8-19-2/h9,11,15H,3-8,10H2,1-2H3. The topological polar surface area (TPSA) is 51.5 Å². The smallest absolute Gasteiger partial charge is 0.341 e. The molecule has 1 rings (SSSR count).